The first-order valence-corrected chi connectivity index (χ1v) is 9.65. The molecule has 0 amide bonds. The fourth-order valence-corrected chi connectivity index (χ4v) is 4.27. The third-order valence-corrected chi connectivity index (χ3v) is 5.95. The molecule has 24 heavy (non-hydrogen) atoms. The standard InChI is InChI=1S/C18H20N2O3S/c1-2-19-16-11-6-7-12-17(16)20(18(19)21)13-8-14-24(22,23)15-9-4-3-5-10-15/h3-7,9-12H,2,8,13-14H2,1H3. The van der Waals surface area contributed by atoms with Crippen LogP contribution in [0.4, 0.5) is 0 Å². The molecule has 0 saturated carbocycles. The van der Waals surface area contributed by atoms with E-state index in [2.05, 4.69) is 0 Å². The number of imidazole rings is 1. The number of nitrogens with zero attached hydrogens (tertiary/aromatic N) is 2. The third kappa shape index (κ3) is 3.01. The van der Waals surface area contributed by atoms with Crippen LogP contribution in [0.15, 0.2) is 64.3 Å². The first-order valence-electron chi connectivity index (χ1n) is 8.00. The number of sulfone groups is 1. The normalized spacial score (nSPS) is 11.9. The zero-order valence-corrected chi connectivity index (χ0v) is 14.4. The molecule has 0 unspecified atom stereocenters. The summed E-state index contributed by atoms with van der Waals surface area (Å²) in [6.07, 6.45) is 0.398. The molecular weight excluding hydrogens is 324 g/mol. The Labute approximate surface area is 141 Å². The fraction of sp³-hybridized carbons (Fsp3) is 0.278. The van der Waals surface area contributed by atoms with Gasteiger partial charge in [0.2, 0.25) is 0 Å². The summed E-state index contributed by atoms with van der Waals surface area (Å²) < 4.78 is 28.1. The summed E-state index contributed by atoms with van der Waals surface area (Å²) in [5.74, 6) is 0.0229. The molecule has 0 atom stereocenters. The predicted octanol–water partition coefficient (Wildman–Crippen LogP) is 2.69. The van der Waals surface area contributed by atoms with E-state index in [1.54, 1.807) is 39.5 Å². The van der Waals surface area contributed by atoms with E-state index >= 15 is 0 Å². The van der Waals surface area contributed by atoms with E-state index in [-0.39, 0.29) is 11.4 Å². The summed E-state index contributed by atoms with van der Waals surface area (Å²) in [6.45, 7) is 2.91. The van der Waals surface area contributed by atoms with E-state index in [0.717, 1.165) is 11.0 Å². The maximum atomic E-state index is 12.5. The molecular formula is C18H20N2O3S. The monoisotopic (exact) mass is 344 g/mol. The van der Waals surface area contributed by atoms with Gasteiger partial charge in [0.15, 0.2) is 9.84 Å². The second-order valence-corrected chi connectivity index (χ2v) is 7.76. The number of aryl methyl sites for hydroxylation is 2. The highest BCUT2D eigenvalue weighted by atomic mass is 32.2. The smallest absolute Gasteiger partial charge is 0.292 e. The minimum Gasteiger partial charge on any atom is -0.292 e. The average molecular weight is 344 g/mol. The molecule has 0 fully saturated rings. The lowest BCUT2D eigenvalue weighted by atomic mass is 10.3. The molecule has 0 saturated heterocycles. The Morgan fingerprint density at radius 1 is 0.875 bits per heavy atom. The summed E-state index contributed by atoms with van der Waals surface area (Å²) in [7, 11) is -3.32. The summed E-state index contributed by atoms with van der Waals surface area (Å²) >= 11 is 0. The summed E-state index contributed by atoms with van der Waals surface area (Å²) in [5, 5.41) is 0. The molecule has 0 N–H and O–H groups in total. The molecule has 0 aliphatic carbocycles. The Bertz CT molecular complexity index is 1000. The van der Waals surface area contributed by atoms with Crippen molar-refractivity contribution in [2.45, 2.75) is 31.3 Å². The Hall–Kier alpha value is -2.34. The van der Waals surface area contributed by atoms with Crippen molar-refractivity contribution in [3.05, 3.63) is 65.1 Å². The zero-order valence-electron chi connectivity index (χ0n) is 13.6. The van der Waals surface area contributed by atoms with E-state index in [1.165, 1.54) is 0 Å². The van der Waals surface area contributed by atoms with E-state index in [1.807, 2.05) is 31.2 Å². The van der Waals surface area contributed by atoms with E-state index in [4.69, 9.17) is 0 Å². The molecule has 0 aliphatic rings. The van der Waals surface area contributed by atoms with Gasteiger partial charge in [0, 0.05) is 13.1 Å². The van der Waals surface area contributed by atoms with Crippen molar-refractivity contribution in [1.82, 2.24) is 9.13 Å². The quantitative estimate of drug-likeness (QED) is 0.691. The van der Waals surface area contributed by atoms with Crippen molar-refractivity contribution in [2.75, 3.05) is 5.75 Å². The minimum absolute atomic E-state index is 0.0229. The number of hydrogen-bond donors (Lipinski definition) is 0. The van der Waals surface area contributed by atoms with Crippen LogP contribution in [0.5, 0.6) is 0 Å². The van der Waals surface area contributed by atoms with Crippen molar-refractivity contribution in [3.63, 3.8) is 0 Å². The first-order chi connectivity index (χ1) is 11.5. The van der Waals surface area contributed by atoms with Crippen molar-refractivity contribution in [1.29, 1.82) is 0 Å². The van der Waals surface area contributed by atoms with Crippen LogP contribution < -0.4 is 5.69 Å². The molecule has 126 valence electrons. The number of fused-ring (bicyclic) bond motifs is 1. The van der Waals surface area contributed by atoms with Gasteiger partial charge in [-0.25, -0.2) is 13.2 Å². The molecule has 1 aromatic heterocycles. The van der Waals surface area contributed by atoms with Gasteiger partial charge in [-0.1, -0.05) is 30.3 Å². The highest BCUT2D eigenvalue weighted by molar-refractivity contribution is 7.91. The van der Waals surface area contributed by atoms with Crippen molar-refractivity contribution in [3.8, 4) is 0 Å². The van der Waals surface area contributed by atoms with Gasteiger partial charge >= 0.3 is 5.69 Å². The van der Waals surface area contributed by atoms with Gasteiger partial charge in [-0.05, 0) is 37.6 Å². The molecule has 0 spiro atoms. The van der Waals surface area contributed by atoms with Crippen LogP contribution in [0, 0.1) is 0 Å². The Balaban J connectivity index is 1.82. The fourth-order valence-electron chi connectivity index (χ4n) is 2.95. The summed E-state index contributed by atoms with van der Waals surface area (Å²) in [4.78, 5) is 12.8. The van der Waals surface area contributed by atoms with Crippen LogP contribution in [-0.2, 0) is 22.9 Å². The molecule has 0 aliphatic heterocycles. The second-order valence-electron chi connectivity index (χ2n) is 5.65. The molecule has 1 heterocycles. The summed E-state index contributed by atoms with van der Waals surface area (Å²) in [6, 6.07) is 16.0. The van der Waals surface area contributed by atoms with Gasteiger partial charge in [0.05, 0.1) is 21.7 Å². The third-order valence-electron chi connectivity index (χ3n) is 4.14. The Morgan fingerprint density at radius 3 is 2.08 bits per heavy atom. The van der Waals surface area contributed by atoms with E-state index in [9.17, 15) is 13.2 Å². The molecule has 2 aromatic carbocycles. The molecule has 5 nitrogen and oxygen atoms in total. The number of para-hydroxylation sites is 2. The van der Waals surface area contributed by atoms with Crippen molar-refractivity contribution < 1.29 is 8.42 Å². The highest BCUT2D eigenvalue weighted by Gasteiger charge is 2.15. The van der Waals surface area contributed by atoms with Crippen LogP contribution in [-0.4, -0.2) is 23.3 Å². The molecule has 0 bridgehead atoms. The van der Waals surface area contributed by atoms with Crippen molar-refractivity contribution >= 4 is 20.9 Å². The lowest BCUT2D eigenvalue weighted by molar-refractivity contribution is 0.582. The first kappa shape index (κ1) is 16.5. The molecule has 3 aromatic rings. The zero-order chi connectivity index (χ0) is 17.2. The van der Waals surface area contributed by atoms with Gasteiger partial charge in [-0.15, -0.1) is 0 Å². The topological polar surface area (TPSA) is 61.1 Å². The van der Waals surface area contributed by atoms with Gasteiger partial charge in [0.1, 0.15) is 0 Å². The number of benzene rings is 2. The van der Waals surface area contributed by atoms with Gasteiger partial charge in [0.25, 0.3) is 0 Å². The van der Waals surface area contributed by atoms with E-state index in [0.29, 0.717) is 24.4 Å². The SMILES string of the molecule is CCn1c(=O)n(CCCS(=O)(=O)c2ccccc2)c2ccccc21. The van der Waals surface area contributed by atoms with Crippen molar-refractivity contribution in [2.24, 2.45) is 0 Å². The summed E-state index contributed by atoms with van der Waals surface area (Å²) in [5.41, 5.74) is 1.65. The van der Waals surface area contributed by atoms with Crippen LogP contribution in [0.2, 0.25) is 0 Å². The lowest BCUT2D eigenvalue weighted by Gasteiger charge is -2.05. The van der Waals surface area contributed by atoms with Gasteiger partial charge < -0.3 is 0 Å². The Kier molecular flexibility index (Phi) is 4.57. The largest absolute Gasteiger partial charge is 0.329 e. The predicted molar refractivity (Wildman–Crippen MR) is 95.0 cm³/mol. The maximum absolute atomic E-state index is 12.5. The second kappa shape index (κ2) is 6.65. The highest BCUT2D eigenvalue weighted by Crippen LogP contribution is 2.15. The number of hydrogen-bond acceptors (Lipinski definition) is 3. The molecule has 0 radical (unpaired) electrons. The van der Waals surface area contributed by atoms with Gasteiger partial charge in [-0.2, -0.15) is 0 Å². The Morgan fingerprint density at radius 2 is 1.46 bits per heavy atom. The van der Waals surface area contributed by atoms with Crippen LogP contribution in [0.1, 0.15) is 13.3 Å². The van der Waals surface area contributed by atoms with Crippen LogP contribution in [0.25, 0.3) is 11.0 Å². The van der Waals surface area contributed by atoms with Gasteiger partial charge in [-0.3, -0.25) is 9.13 Å². The molecule has 6 heteroatoms. The molecule has 3 rings (SSSR count). The average Bonchev–Trinajstić information content (AvgIpc) is 2.87. The maximum Gasteiger partial charge on any atom is 0.329 e. The van der Waals surface area contributed by atoms with Crippen LogP contribution >= 0.6 is 0 Å². The van der Waals surface area contributed by atoms with Crippen LogP contribution in [0.3, 0.4) is 0 Å². The lowest BCUT2D eigenvalue weighted by Crippen LogP contribution is -2.24. The van der Waals surface area contributed by atoms with E-state index < -0.39 is 9.84 Å². The number of rotatable bonds is 6. The number of aromatic nitrogens is 2. The minimum atomic E-state index is -3.32.